The Kier molecular flexibility index (Phi) is 6.60. The number of ether oxygens (including phenoxy) is 1. The average Bonchev–Trinajstić information content (AvgIpc) is 3.04. The van der Waals surface area contributed by atoms with Crippen LogP contribution in [0, 0.1) is 0 Å². The third-order valence-electron chi connectivity index (χ3n) is 5.82. The van der Waals surface area contributed by atoms with E-state index < -0.39 is 0 Å². The van der Waals surface area contributed by atoms with E-state index in [1.54, 1.807) is 0 Å². The van der Waals surface area contributed by atoms with Gasteiger partial charge in [0, 0.05) is 34.7 Å². The molecule has 0 saturated carbocycles. The Balaban J connectivity index is 2.27. The summed E-state index contributed by atoms with van der Waals surface area (Å²) in [5, 5.41) is 17.0. The first kappa shape index (κ1) is 24.7. The third-order valence-corrected chi connectivity index (χ3v) is 5.82. The van der Waals surface area contributed by atoms with Crippen molar-refractivity contribution in [2.24, 2.45) is 0 Å². The molecular formula is C27H37N3O3. The maximum absolute atomic E-state index is 11.3. The monoisotopic (exact) mass is 451 g/mol. The second-order valence-electron chi connectivity index (χ2n) is 11.1. The number of hydrogen-bond donors (Lipinski definition) is 1. The molecule has 6 heteroatoms. The predicted molar refractivity (Wildman–Crippen MR) is 133 cm³/mol. The van der Waals surface area contributed by atoms with Crippen molar-refractivity contribution < 1.29 is 14.6 Å². The van der Waals surface area contributed by atoms with Crippen LogP contribution in [-0.2, 0) is 26.9 Å². The number of aromatic hydroxyl groups is 1. The Morgan fingerprint density at radius 3 is 2.12 bits per heavy atom. The van der Waals surface area contributed by atoms with Crippen LogP contribution in [0.2, 0.25) is 0 Å². The molecule has 0 aliphatic carbocycles. The average molecular weight is 452 g/mol. The molecule has 2 heterocycles. The first-order valence-electron chi connectivity index (χ1n) is 11.6. The van der Waals surface area contributed by atoms with Gasteiger partial charge in [0.2, 0.25) is 0 Å². The van der Waals surface area contributed by atoms with Crippen LogP contribution in [0.4, 0.5) is 0 Å². The van der Waals surface area contributed by atoms with E-state index in [1.165, 1.54) is 6.92 Å². The number of aromatic nitrogens is 3. The number of hydrogen-bond acceptors (Lipinski definition) is 5. The Morgan fingerprint density at radius 1 is 1.06 bits per heavy atom. The van der Waals surface area contributed by atoms with Gasteiger partial charge in [-0.1, -0.05) is 55.4 Å². The zero-order chi connectivity index (χ0) is 24.7. The number of pyridine rings is 1. The number of nitrogens with zero attached hydrogens (tertiary/aromatic N) is 3. The lowest BCUT2D eigenvalue weighted by molar-refractivity contribution is -0.141. The van der Waals surface area contributed by atoms with Gasteiger partial charge >= 0.3 is 5.97 Å². The number of carbonyl (C=O) groups is 1. The maximum Gasteiger partial charge on any atom is 0.302 e. The number of phenolic OH excluding ortho intramolecular Hbond substituents is 1. The largest absolute Gasteiger partial charge is 0.507 e. The summed E-state index contributed by atoms with van der Waals surface area (Å²) in [4.78, 5) is 16.2. The van der Waals surface area contributed by atoms with Gasteiger partial charge in [-0.25, -0.2) is 9.67 Å². The SMILES string of the molecule is CC(=O)OCCn1nc(-c2cc(C(C)(C)C)c(O)c(C(C)(C)C)c2)c2ccc(C(C)C)nc21. The van der Waals surface area contributed by atoms with Crippen molar-refractivity contribution in [1.82, 2.24) is 14.8 Å². The third kappa shape index (κ3) is 5.21. The standard InChI is InChI=1S/C27H37N3O3/c1-16(2)22-11-10-19-23(29-30(25(19)28-22)12-13-33-17(3)31)18-14-20(26(4,5)6)24(32)21(15-18)27(7,8)9/h10-11,14-16,32H,12-13H2,1-9H3. The van der Waals surface area contributed by atoms with Crippen LogP contribution in [0.15, 0.2) is 24.3 Å². The summed E-state index contributed by atoms with van der Waals surface area (Å²) < 4.78 is 6.99. The van der Waals surface area contributed by atoms with E-state index in [9.17, 15) is 9.90 Å². The van der Waals surface area contributed by atoms with Crippen LogP contribution in [0.3, 0.4) is 0 Å². The lowest BCUT2D eigenvalue weighted by atomic mass is 9.78. The zero-order valence-electron chi connectivity index (χ0n) is 21.4. The molecule has 0 spiro atoms. The van der Waals surface area contributed by atoms with E-state index in [4.69, 9.17) is 14.8 Å². The van der Waals surface area contributed by atoms with E-state index in [0.717, 1.165) is 39.1 Å². The molecule has 2 aromatic heterocycles. The molecule has 3 aromatic rings. The van der Waals surface area contributed by atoms with E-state index in [2.05, 4.69) is 61.5 Å². The number of benzene rings is 1. The highest BCUT2D eigenvalue weighted by molar-refractivity contribution is 5.92. The summed E-state index contributed by atoms with van der Waals surface area (Å²) in [7, 11) is 0. The quantitative estimate of drug-likeness (QED) is 0.475. The molecule has 0 radical (unpaired) electrons. The summed E-state index contributed by atoms with van der Waals surface area (Å²) >= 11 is 0. The smallest absolute Gasteiger partial charge is 0.302 e. The van der Waals surface area contributed by atoms with Crippen molar-refractivity contribution in [1.29, 1.82) is 0 Å². The van der Waals surface area contributed by atoms with Crippen molar-refractivity contribution in [2.75, 3.05) is 6.61 Å². The van der Waals surface area contributed by atoms with Gasteiger partial charge in [-0.3, -0.25) is 4.79 Å². The minimum atomic E-state index is -0.314. The molecule has 178 valence electrons. The Hall–Kier alpha value is -2.89. The van der Waals surface area contributed by atoms with E-state index in [-0.39, 0.29) is 29.3 Å². The van der Waals surface area contributed by atoms with E-state index in [0.29, 0.717) is 12.3 Å². The molecule has 1 N–H and O–H groups in total. The van der Waals surface area contributed by atoms with Gasteiger partial charge in [-0.05, 0) is 41.0 Å². The minimum Gasteiger partial charge on any atom is -0.507 e. The minimum absolute atomic E-state index is 0.231. The second kappa shape index (κ2) is 8.81. The van der Waals surface area contributed by atoms with Crippen LogP contribution >= 0.6 is 0 Å². The summed E-state index contributed by atoms with van der Waals surface area (Å²) in [6.07, 6.45) is 0. The highest BCUT2D eigenvalue weighted by Gasteiger charge is 2.28. The molecule has 6 nitrogen and oxygen atoms in total. The van der Waals surface area contributed by atoms with Crippen molar-refractivity contribution in [2.45, 2.75) is 85.6 Å². The summed E-state index contributed by atoms with van der Waals surface area (Å²) in [5.74, 6) is 0.312. The van der Waals surface area contributed by atoms with Crippen LogP contribution in [0.5, 0.6) is 5.75 Å². The molecule has 0 fully saturated rings. The molecule has 0 aliphatic rings. The number of fused-ring (bicyclic) bond motifs is 1. The Morgan fingerprint density at radius 2 is 1.64 bits per heavy atom. The van der Waals surface area contributed by atoms with Crippen LogP contribution in [-0.4, -0.2) is 32.4 Å². The van der Waals surface area contributed by atoms with Crippen LogP contribution in [0.1, 0.15) is 85.1 Å². The molecule has 0 saturated heterocycles. The van der Waals surface area contributed by atoms with E-state index in [1.807, 2.05) is 22.9 Å². The Labute approximate surface area is 197 Å². The summed E-state index contributed by atoms with van der Waals surface area (Å²) in [5.41, 5.74) is 4.81. The number of rotatable bonds is 5. The fraction of sp³-hybridized carbons (Fsp3) is 0.519. The number of carbonyl (C=O) groups excluding carboxylic acids is 1. The topological polar surface area (TPSA) is 77.2 Å². The molecule has 0 atom stereocenters. The molecule has 0 aliphatic heterocycles. The highest BCUT2D eigenvalue weighted by atomic mass is 16.5. The van der Waals surface area contributed by atoms with Gasteiger partial charge in [0.15, 0.2) is 5.65 Å². The summed E-state index contributed by atoms with van der Waals surface area (Å²) in [6.45, 7) is 18.9. The predicted octanol–water partition coefficient (Wildman–Crippen LogP) is 6.09. The fourth-order valence-electron chi connectivity index (χ4n) is 3.95. The highest BCUT2D eigenvalue weighted by Crippen LogP contribution is 2.42. The molecule has 3 rings (SSSR count). The molecular weight excluding hydrogens is 414 g/mol. The van der Waals surface area contributed by atoms with Gasteiger partial charge in [0.05, 0.1) is 6.54 Å². The Bertz CT molecular complexity index is 1140. The second-order valence-corrected chi connectivity index (χ2v) is 11.1. The normalized spacial score (nSPS) is 12.5. The van der Waals surface area contributed by atoms with Crippen LogP contribution in [0.25, 0.3) is 22.3 Å². The zero-order valence-corrected chi connectivity index (χ0v) is 21.4. The lowest BCUT2D eigenvalue weighted by Crippen LogP contribution is -2.17. The molecule has 0 amide bonds. The maximum atomic E-state index is 11.3. The van der Waals surface area contributed by atoms with Crippen molar-refractivity contribution in [3.8, 4) is 17.0 Å². The number of phenols is 1. The van der Waals surface area contributed by atoms with Crippen molar-refractivity contribution in [3.63, 3.8) is 0 Å². The van der Waals surface area contributed by atoms with E-state index >= 15 is 0 Å². The van der Waals surface area contributed by atoms with Crippen LogP contribution < -0.4 is 0 Å². The summed E-state index contributed by atoms with van der Waals surface area (Å²) in [6, 6.07) is 8.20. The lowest BCUT2D eigenvalue weighted by Gasteiger charge is -2.28. The van der Waals surface area contributed by atoms with Gasteiger partial charge in [0.1, 0.15) is 18.1 Å². The fourth-order valence-corrected chi connectivity index (χ4v) is 3.95. The van der Waals surface area contributed by atoms with Crippen molar-refractivity contribution in [3.05, 3.63) is 41.1 Å². The molecule has 1 aromatic carbocycles. The first-order valence-corrected chi connectivity index (χ1v) is 11.6. The molecule has 0 unspecified atom stereocenters. The molecule has 33 heavy (non-hydrogen) atoms. The van der Waals surface area contributed by atoms with Crippen molar-refractivity contribution >= 4 is 17.0 Å². The van der Waals surface area contributed by atoms with Gasteiger partial charge in [0.25, 0.3) is 0 Å². The van der Waals surface area contributed by atoms with Gasteiger partial charge in [-0.2, -0.15) is 5.10 Å². The first-order chi connectivity index (χ1) is 15.2. The van der Waals surface area contributed by atoms with Gasteiger partial charge < -0.3 is 9.84 Å². The molecule has 0 bridgehead atoms. The van der Waals surface area contributed by atoms with Gasteiger partial charge in [-0.15, -0.1) is 0 Å². The number of esters is 1.